The molecule has 6 rings (SSSR count). The number of hydrogen-bond acceptors (Lipinski definition) is 2. The molecule has 0 saturated heterocycles. The molecule has 0 amide bonds. The molecule has 6 aromatic carbocycles. The van der Waals surface area contributed by atoms with Crippen LogP contribution in [0.5, 0.6) is 11.5 Å². The second-order valence-corrected chi connectivity index (χ2v) is 19.7. The molecule has 6 heteroatoms. The van der Waals surface area contributed by atoms with E-state index in [0.717, 1.165) is 67.0 Å². The Labute approximate surface area is 287 Å². The Kier molecular flexibility index (Phi) is 8.74. The van der Waals surface area contributed by atoms with Crippen LogP contribution in [-0.2, 0) is 11.6 Å². The molecule has 49 heavy (non-hydrogen) atoms. The Hall–Kier alpha value is -4.81. The van der Waals surface area contributed by atoms with Gasteiger partial charge in [-0.05, 0) is 102 Å². The molecular formula is C43H41F3O2Si. The van der Waals surface area contributed by atoms with Gasteiger partial charge in [-0.15, -0.1) is 0 Å². The van der Waals surface area contributed by atoms with Gasteiger partial charge in [0.25, 0.3) is 0 Å². The lowest BCUT2D eigenvalue weighted by Crippen LogP contribution is -2.37. The van der Waals surface area contributed by atoms with E-state index in [-0.39, 0.29) is 11.2 Å². The van der Waals surface area contributed by atoms with E-state index in [4.69, 9.17) is 4.74 Å². The van der Waals surface area contributed by atoms with E-state index < -0.39 is 19.8 Å². The maximum absolute atomic E-state index is 13.8. The Morgan fingerprint density at radius 2 is 0.980 bits per heavy atom. The van der Waals surface area contributed by atoms with Gasteiger partial charge in [0.1, 0.15) is 11.5 Å². The number of halogens is 3. The number of alkyl halides is 3. The molecule has 1 N–H and O–H groups in total. The Morgan fingerprint density at radius 3 is 1.43 bits per heavy atom. The monoisotopic (exact) mass is 674 g/mol. The predicted octanol–water partition coefficient (Wildman–Crippen LogP) is 12.1. The van der Waals surface area contributed by atoms with E-state index in [1.807, 2.05) is 60.7 Å². The maximum atomic E-state index is 13.8. The fourth-order valence-corrected chi connectivity index (χ4v) is 8.04. The number of phenols is 1. The van der Waals surface area contributed by atoms with Crippen molar-refractivity contribution in [1.29, 1.82) is 0 Å². The first-order valence-corrected chi connectivity index (χ1v) is 19.9. The SMILES string of the molecule is COc1ccc(-c2c(-c3ccccc3)c(-c3ccc(C(F)(F)F)cc3)c3cc([Si](C)(C)C)c(O)cc3c2-c2ccc(C(C)(C)C)cc2)cc1. The fourth-order valence-electron chi connectivity index (χ4n) is 6.62. The summed E-state index contributed by atoms with van der Waals surface area (Å²) in [6.07, 6.45) is -4.46. The van der Waals surface area contributed by atoms with E-state index in [2.05, 4.69) is 70.7 Å². The fraction of sp³-hybridized carbons (Fsp3) is 0.209. The number of ether oxygens (including phenoxy) is 1. The molecule has 0 aliphatic carbocycles. The minimum atomic E-state index is -4.46. The molecule has 0 heterocycles. The van der Waals surface area contributed by atoms with Crippen molar-refractivity contribution < 1.29 is 23.0 Å². The van der Waals surface area contributed by atoms with Crippen LogP contribution in [0.15, 0.2) is 115 Å². The van der Waals surface area contributed by atoms with Crippen molar-refractivity contribution in [2.24, 2.45) is 0 Å². The van der Waals surface area contributed by atoms with Crippen LogP contribution in [0.3, 0.4) is 0 Å². The number of rotatable bonds is 6. The van der Waals surface area contributed by atoms with Gasteiger partial charge in [0.05, 0.1) is 20.7 Å². The molecule has 0 atom stereocenters. The molecule has 2 nitrogen and oxygen atoms in total. The van der Waals surface area contributed by atoms with Gasteiger partial charge in [-0.2, -0.15) is 13.2 Å². The maximum Gasteiger partial charge on any atom is 0.416 e. The molecule has 0 saturated carbocycles. The van der Waals surface area contributed by atoms with Crippen molar-refractivity contribution in [2.75, 3.05) is 7.11 Å². The molecule has 0 spiro atoms. The normalized spacial score (nSPS) is 12.4. The lowest BCUT2D eigenvalue weighted by Gasteiger charge is -2.27. The summed E-state index contributed by atoms with van der Waals surface area (Å²) in [5.74, 6) is 0.938. The zero-order valence-corrected chi connectivity index (χ0v) is 30.0. The third kappa shape index (κ3) is 6.62. The minimum absolute atomic E-state index is 0.0500. The highest BCUT2D eigenvalue weighted by molar-refractivity contribution is 6.89. The standard InChI is InChI=1S/C43H41F3O2Si/c1-42(2,3)31-19-13-28(14-20-31)38-34-25-36(47)37(49(5,6)7)26-35(34)39(29-15-21-32(22-16-29)43(44,45)46)40(27-11-9-8-10-12-27)41(38)30-17-23-33(48-4)24-18-30/h8-26,47H,1-7H3. The average molecular weight is 675 g/mol. The second-order valence-electron chi connectivity index (χ2n) is 14.7. The number of hydrogen-bond donors (Lipinski definition) is 1. The molecule has 0 aliphatic heterocycles. The van der Waals surface area contributed by atoms with Gasteiger partial charge < -0.3 is 9.84 Å². The molecule has 0 bridgehead atoms. The van der Waals surface area contributed by atoms with Gasteiger partial charge in [-0.1, -0.05) is 125 Å². The van der Waals surface area contributed by atoms with Gasteiger partial charge in [0, 0.05) is 0 Å². The number of phenolic OH excluding ortho intramolecular Hbond substituents is 1. The van der Waals surface area contributed by atoms with Crippen molar-refractivity contribution in [3.63, 3.8) is 0 Å². The van der Waals surface area contributed by atoms with E-state index in [0.29, 0.717) is 11.3 Å². The summed E-state index contributed by atoms with van der Waals surface area (Å²) in [6.45, 7) is 13.1. The molecule has 0 radical (unpaired) electrons. The highest BCUT2D eigenvalue weighted by atomic mass is 28.3. The van der Waals surface area contributed by atoms with Crippen LogP contribution in [0, 0.1) is 0 Å². The van der Waals surface area contributed by atoms with Crippen LogP contribution in [0.25, 0.3) is 55.3 Å². The van der Waals surface area contributed by atoms with Crippen molar-refractivity contribution in [3.05, 3.63) is 126 Å². The Balaban J connectivity index is 1.87. The van der Waals surface area contributed by atoms with Crippen molar-refractivity contribution in [3.8, 4) is 56.0 Å². The van der Waals surface area contributed by atoms with Crippen LogP contribution in [0.2, 0.25) is 19.6 Å². The first-order chi connectivity index (χ1) is 23.1. The summed E-state index contributed by atoms with van der Waals surface area (Å²) >= 11 is 0. The molecule has 0 aliphatic rings. The van der Waals surface area contributed by atoms with Crippen molar-refractivity contribution in [2.45, 2.75) is 52.0 Å². The number of fused-ring (bicyclic) bond motifs is 1. The van der Waals surface area contributed by atoms with Crippen molar-refractivity contribution >= 4 is 24.0 Å². The van der Waals surface area contributed by atoms with Gasteiger partial charge in [0.2, 0.25) is 0 Å². The highest BCUT2D eigenvalue weighted by Gasteiger charge is 2.31. The zero-order chi connectivity index (χ0) is 35.3. The van der Waals surface area contributed by atoms with Gasteiger partial charge >= 0.3 is 6.18 Å². The van der Waals surface area contributed by atoms with Crippen LogP contribution in [0.4, 0.5) is 13.2 Å². The molecule has 6 aromatic rings. The van der Waals surface area contributed by atoms with Crippen LogP contribution >= 0.6 is 0 Å². The molecule has 0 fully saturated rings. The summed E-state index contributed by atoms with van der Waals surface area (Å²) in [5.41, 5.74) is 7.49. The Bertz CT molecular complexity index is 2120. The summed E-state index contributed by atoms with van der Waals surface area (Å²) in [5, 5.41) is 14.2. The lowest BCUT2D eigenvalue weighted by molar-refractivity contribution is -0.137. The van der Waals surface area contributed by atoms with E-state index in [1.165, 1.54) is 5.56 Å². The molecule has 0 unspecified atom stereocenters. The largest absolute Gasteiger partial charge is 0.508 e. The average Bonchev–Trinajstić information content (AvgIpc) is 3.06. The summed E-state index contributed by atoms with van der Waals surface area (Å²) < 4.78 is 46.9. The Morgan fingerprint density at radius 1 is 0.551 bits per heavy atom. The topological polar surface area (TPSA) is 29.5 Å². The van der Waals surface area contributed by atoms with Crippen LogP contribution in [-0.4, -0.2) is 20.3 Å². The predicted molar refractivity (Wildman–Crippen MR) is 201 cm³/mol. The van der Waals surface area contributed by atoms with Gasteiger partial charge in [0.15, 0.2) is 0 Å². The van der Waals surface area contributed by atoms with Gasteiger partial charge in [-0.25, -0.2) is 0 Å². The number of benzene rings is 6. The quantitative estimate of drug-likeness (QED) is 0.178. The molecular weight excluding hydrogens is 634 g/mol. The first kappa shape index (κ1) is 34.1. The summed E-state index contributed by atoms with van der Waals surface area (Å²) in [6, 6.07) is 35.9. The zero-order valence-electron chi connectivity index (χ0n) is 29.0. The third-order valence-corrected chi connectivity index (χ3v) is 11.2. The van der Waals surface area contributed by atoms with Crippen LogP contribution < -0.4 is 9.92 Å². The number of methoxy groups -OCH3 is 1. The van der Waals surface area contributed by atoms with E-state index >= 15 is 0 Å². The first-order valence-electron chi connectivity index (χ1n) is 16.4. The van der Waals surface area contributed by atoms with E-state index in [1.54, 1.807) is 19.2 Å². The minimum Gasteiger partial charge on any atom is -0.508 e. The van der Waals surface area contributed by atoms with Crippen LogP contribution in [0.1, 0.15) is 31.9 Å². The summed E-state index contributed by atoms with van der Waals surface area (Å²) in [7, 11) is -0.446. The third-order valence-electron chi connectivity index (χ3n) is 9.21. The van der Waals surface area contributed by atoms with Crippen molar-refractivity contribution in [1.82, 2.24) is 0 Å². The highest BCUT2D eigenvalue weighted by Crippen LogP contribution is 2.52. The smallest absolute Gasteiger partial charge is 0.416 e. The lowest BCUT2D eigenvalue weighted by atomic mass is 9.78. The second kappa shape index (κ2) is 12.6. The van der Waals surface area contributed by atoms with E-state index in [9.17, 15) is 18.3 Å². The van der Waals surface area contributed by atoms with Gasteiger partial charge in [-0.3, -0.25) is 0 Å². The molecule has 0 aromatic heterocycles. The molecule has 250 valence electrons. The number of aromatic hydroxyl groups is 1. The summed E-state index contributed by atoms with van der Waals surface area (Å²) in [4.78, 5) is 0.